The fourth-order valence-corrected chi connectivity index (χ4v) is 2.49. The van der Waals surface area contributed by atoms with E-state index >= 15 is 0 Å². The Morgan fingerprint density at radius 3 is 2.58 bits per heavy atom. The van der Waals surface area contributed by atoms with Crippen molar-refractivity contribution in [3.8, 4) is 11.1 Å². The molecular formula is C13H8BN2O2S. The van der Waals surface area contributed by atoms with Crippen LogP contribution in [0.4, 0.5) is 0 Å². The lowest BCUT2D eigenvalue weighted by Crippen LogP contribution is -2.03. The van der Waals surface area contributed by atoms with Crippen LogP contribution in [0.3, 0.4) is 0 Å². The van der Waals surface area contributed by atoms with Gasteiger partial charge in [-0.1, -0.05) is 29.7 Å². The number of hydrogen-bond donors (Lipinski definition) is 1. The summed E-state index contributed by atoms with van der Waals surface area (Å²) in [4.78, 5) is 10.9. The first-order chi connectivity index (χ1) is 9.70. The van der Waals surface area contributed by atoms with Gasteiger partial charge in [-0.05, 0) is 19.0 Å². The highest BCUT2D eigenvalue weighted by molar-refractivity contribution is 7.00. The molecule has 2 aromatic carbocycles. The predicted molar refractivity (Wildman–Crippen MR) is 76.6 cm³/mol. The first kappa shape index (κ1) is 10.7. The molecule has 1 aromatic heterocycles. The first-order valence-corrected chi connectivity index (χ1v) is 6.24. The van der Waals surface area contributed by atoms with Crippen molar-refractivity contribution in [2.45, 2.75) is 0 Å². The highest BCUT2D eigenvalue weighted by Crippen LogP contribution is 2.26. The monoisotopic (exact) mass is 268 g/mol. The van der Waals surface area contributed by atoms with Crippen LogP contribution in [0.25, 0.3) is 22.2 Å². The smallest absolute Gasteiger partial charge is 0.335 e. The standard InChI is InChI=1S/C13H8BN2O2S/c14-10-6-5-9(11-12(10)16-19-15-11)7-1-3-8(4-2-7)13(17)18/h1-6,14H,(H,17,18)/i14D. The van der Waals surface area contributed by atoms with Gasteiger partial charge in [0.05, 0.1) is 22.8 Å². The number of fused-ring (bicyclic) bond motifs is 1. The van der Waals surface area contributed by atoms with E-state index in [1.54, 1.807) is 24.3 Å². The van der Waals surface area contributed by atoms with Gasteiger partial charge >= 0.3 is 5.97 Å². The Morgan fingerprint density at radius 2 is 1.89 bits per heavy atom. The van der Waals surface area contributed by atoms with Crippen molar-refractivity contribution >= 4 is 42.0 Å². The summed E-state index contributed by atoms with van der Waals surface area (Å²) in [6.07, 6.45) is 0. The highest BCUT2D eigenvalue weighted by Gasteiger charge is 2.10. The predicted octanol–water partition coefficient (Wildman–Crippen LogP) is 1.58. The molecule has 0 atom stereocenters. The second-order valence-electron chi connectivity index (χ2n) is 4.05. The molecule has 4 nitrogen and oxygen atoms in total. The molecule has 91 valence electrons. The average Bonchev–Trinajstić information content (AvgIpc) is 2.95. The third-order valence-electron chi connectivity index (χ3n) is 2.89. The molecule has 0 spiro atoms. The fraction of sp³-hybridized carbons (Fsp3) is 0. The van der Waals surface area contributed by atoms with Crippen LogP contribution in [-0.4, -0.2) is 29.0 Å². The van der Waals surface area contributed by atoms with E-state index in [1.807, 2.05) is 12.1 Å². The molecule has 0 amide bonds. The third-order valence-corrected chi connectivity index (χ3v) is 3.42. The molecule has 3 aromatic rings. The average molecular weight is 268 g/mol. The summed E-state index contributed by atoms with van der Waals surface area (Å²) >= 11 is 1.10. The minimum Gasteiger partial charge on any atom is -0.478 e. The second-order valence-corrected chi connectivity index (χ2v) is 4.57. The molecule has 3 rings (SSSR count). The molecule has 0 aliphatic carbocycles. The lowest BCUT2D eigenvalue weighted by molar-refractivity contribution is 0.0697. The number of hydrogen-bond acceptors (Lipinski definition) is 4. The van der Waals surface area contributed by atoms with Crippen molar-refractivity contribution in [3.63, 3.8) is 0 Å². The maximum absolute atomic E-state index is 10.9. The molecular weight excluding hydrogens is 259 g/mol. The van der Waals surface area contributed by atoms with Crippen LogP contribution < -0.4 is 5.46 Å². The molecule has 0 saturated heterocycles. The number of aromatic carboxylic acids is 1. The number of nitrogens with zero attached hydrogens (tertiary/aromatic N) is 2. The summed E-state index contributed by atoms with van der Waals surface area (Å²) in [6.45, 7) is 0. The maximum Gasteiger partial charge on any atom is 0.335 e. The summed E-state index contributed by atoms with van der Waals surface area (Å²) in [5.41, 5.74) is 4.17. The van der Waals surface area contributed by atoms with E-state index in [0.29, 0.717) is 5.52 Å². The zero-order valence-electron chi connectivity index (χ0n) is 10.7. The molecule has 0 unspecified atom stereocenters. The zero-order chi connectivity index (χ0) is 14.1. The molecule has 0 aliphatic rings. The minimum absolute atomic E-state index is 0.248. The molecule has 0 fully saturated rings. The topological polar surface area (TPSA) is 63.1 Å². The Labute approximate surface area is 115 Å². The van der Waals surface area contributed by atoms with Crippen molar-refractivity contribution in [3.05, 3.63) is 42.0 Å². The summed E-state index contributed by atoms with van der Waals surface area (Å²) in [6, 6.07) is 10.3. The van der Waals surface area contributed by atoms with Gasteiger partial charge in [0.2, 0.25) is 0 Å². The van der Waals surface area contributed by atoms with Gasteiger partial charge in [0, 0.05) is 5.56 Å². The molecule has 0 saturated carbocycles. The van der Waals surface area contributed by atoms with Crippen molar-refractivity contribution < 1.29 is 9.90 Å². The van der Waals surface area contributed by atoms with Crippen LogP contribution in [0.1, 0.15) is 10.4 Å². The third kappa shape index (κ3) is 2.00. The van der Waals surface area contributed by atoms with Crippen LogP contribution >= 0.6 is 11.7 Å². The van der Waals surface area contributed by atoms with Gasteiger partial charge in [-0.25, -0.2) is 4.79 Å². The van der Waals surface area contributed by atoms with E-state index < -0.39 is 5.97 Å². The number of aromatic nitrogens is 2. The molecule has 0 bridgehead atoms. The lowest BCUT2D eigenvalue weighted by Gasteiger charge is -2.04. The van der Waals surface area contributed by atoms with Gasteiger partial charge in [-0.15, -0.1) is 0 Å². The zero-order valence-corrected chi connectivity index (χ0v) is 10.5. The number of carboxylic acids is 1. The Hall–Kier alpha value is -2.21. The molecule has 1 radical (unpaired) electrons. The van der Waals surface area contributed by atoms with Gasteiger partial charge in [-0.2, -0.15) is 8.75 Å². The number of benzene rings is 2. The molecule has 19 heavy (non-hydrogen) atoms. The number of carboxylic acid groups (broad SMARTS) is 1. The lowest BCUT2D eigenvalue weighted by atomic mass is 9.91. The Morgan fingerprint density at radius 1 is 1.16 bits per heavy atom. The molecule has 1 heterocycles. The Kier molecular flexibility index (Phi) is 2.52. The van der Waals surface area contributed by atoms with Crippen LogP contribution in [0.2, 0.25) is 0 Å². The maximum atomic E-state index is 10.9. The van der Waals surface area contributed by atoms with Crippen molar-refractivity contribution in [1.82, 2.24) is 8.75 Å². The van der Waals surface area contributed by atoms with Crippen LogP contribution in [0, 0.1) is 0 Å². The summed E-state index contributed by atoms with van der Waals surface area (Å²) in [5.74, 6) is -0.948. The van der Waals surface area contributed by atoms with E-state index in [0.717, 1.165) is 33.8 Å². The second kappa shape index (κ2) is 4.48. The number of rotatable bonds is 3. The van der Waals surface area contributed by atoms with E-state index in [2.05, 4.69) is 8.75 Å². The fourth-order valence-electron chi connectivity index (χ4n) is 1.91. The van der Waals surface area contributed by atoms with Crippen molar-refractivity contribution in [1.29, 1.82) is 1.34 Å². The van der Waals surface area contributed by atoms with Crippen molar-refractivity contribution in [2.24, 2.45) is 0 Å². The molecule has 0 aliphatic heterocycles. The van der Waals surface area contributed by atoms with Gasteiger partial charge in [0.1, 0.15) is 13.3 Å². The normalized spacial score (nSPS) is 11.3. The van der Waals surface area contributed by atoms with Gasteiger partial charge in [-0.3, -0.25) is 0 Å². The Balaban J connectivity index is 2.14. The number of carbonyl (C=O) groups is 1. The largest absolute Gasteiger partial charge is 0.478 e. The summed E-state index contributed by atoms with van der Waals surface area (Å²) in [5, 5.41) is 8.91. The first-order valence-electron chi connectivity index (χ1n) is 6.09. The SMILES string of the molecule is [2H][B]c1ccc(-c2ccc(C(=O)O)cc2)c2nsnc12. The van der Waals surface area contributed by atoms with E-state index in [1.165, 1.54) is 7.81 Å². The van der Waals surface area contributed by atoms with Crippen LogP contribution in [0.15, 0.2) is 36.4 Å². The van der Waals surface area contributed by atoms with Crippen LogP contribution in [-0.2, 0) is 0 Å². The molecule has 1 N–H and O–H groups in total. The van der Waals surface area contributed by atoms with Crippen molar-refractivity contribution in [2.75, 3.05) is 0 Å². The van der Waals surface area contributed by atoms with E-state index in [-0.39, 0.29) is 5.56 Å². The van der Waals surface area contributed by atoms with Crippen LogP contribution in [0.5, 0.6) is 0 Å². The van der Waals surface area contributed by atoms with Gasteiger partial charge in [0.15, 0.2) is 0 Å². The quantitative estimate of drug-likeness (QED) is 0.732. The summed E-state index contributed by atoms with van der Waals surface area (Å²) in [7, 11) is 1.25. The highest BCUT2D eigenvalue weighted by atomic mass is 32.1. The van der Waals surface area contributed by atoms with E-state index in [9.17, 15) is 4.79 Å². The van der Waals surface area contributed by atoms with Gasteiger partial charge in [0.25, 0.3) is 0 Å². The minimum atomic E-state index is -0.948. The summed E-state index contributed by atoms with van der Waals surface area (Å²) < 4.78 is 15.8. The van der Waals surface area contributed by atoms with Gasteiger partial charge < -0.3 is 5.11 Å². The Bertz CT molecular complexity index is 789. The molecule has 6 heteroatoms. The van der Waals surface area contributed by atoms with E-state index in [4.69, 9.17) is 6.44 Å².